The number of hydrogen-bond acceptors (Lipinski definition) is 6. The largest absolute Gasteiger partial charge is 0.507 e. The number of halogens is 1. The summed E-state index contributed by atoms with van der Waals surface area (Å²) in [5.41, 5.74) is -0.213. The first-order valence-corrected chi connectivity index (χ1v) is 10.5. The van der Waals surface area contributed by atoms with Crippen LogP contribution in [0.5, 0.6) is 11.5 Å². The second kappa shape index (κ2) is 9.82. The van der Waals surface area contributed by atoms with E-state index in [0.717, 1.165) is 13.1 Å². The Kier molecular flexibility index (Phi) is 7.15. The van der Waals surface area contributed by atoms with Crippen molar-refractivity contribution in [2.75, 3.05) is 33.3 Å². The number of ketones is 1. The lowest BCUT2D eigenvalue weighted by Crippen LogP contribution is -2.38. The van der Waals surface area contributed by atoms with Gasteiger partial charge in [0.05, 0.1) is 24.3 Å². The van der Waals surface area contributed by atoms with Crippen LogP contribution in [0.4, 0.5) is 4.39 Å². The Bertz CT molecular complexity index is 1050. The van der Waals surface area contributed by atoms with Crippen molar-refractivity contribution in [2.45, 2.75) is 19.9 Å². The summed E-state index contributed by atoms with van der Waals surface area (Å²) in [7, 11) is 1.42. The molecule has 1 aliphatic rings. The van der Waals surface area contributed by atoms with Gasteiger partial charge in [-0.05, 0) is 31.3 Å². The number of aliphatic hydroxyl groups is 1. The summed E-state index contributed by atoms with van der Waals surface area (Å²) < 4.78 is 19.8. The second-order valence-electron chi connectivity index (χ2n) is 7.42. The normalized spacial score (nSPS) is 17.9. The summed E-state index contributed by atoms with van der Waals surface area (Å²) in [4.78, 5) is 29.3. The van der Waals surface area contributed by atoms with E-state index in [-0.39, 0.29) is 29.0 Å². The van der Waals surface area contributed by atoms with E-state index >= 15 is 0 Å². The molecule has 2 aromatic rings. The number of nitrogens with zero attached hydrogens (tertiary/aromatic N) is 2. The fraction of sp³-hybridized carbons (Fsp3) is 0.333. The molecule has 7 nitrogen and oxygen atoms in total. The van der Waals surface area contributed by atoms with Crippen LogP contribution in [0.3, 0.4) is 0 Å². The molecule has 1 amide bonds. The number of benzene rings is 2. The van der Waals surface area contributed by atoms with Crippen molar-refractivity contribution in [3.63, 3.8) is 0 Å². The number of methoxy groups -OCH3 is 1. The number of phenols is 1. The average Bonchev–Trinajstić information content (AvgIpc) is 3.04. The molecule has 1 atom stereocenters. The van der Waals surface area contributed by atoms with Crippen LogP contribution in [0.2, 0.25) is 0 Å². The molecule has 2 N–H and O–H groups in total. The van der Waals surface area contributed by atoms with Gasteiger partial charge < -0.3 is 24.7 Å². The van der Waals surface area contributed by atoms with Crippen molar-refractivity contribution in [2.24, 2.45) is 0 Å². The van der Waals surface area contributed by atoms with E-state index in [1.807, 2.05) is 13.8 Å². The van der Waals surface area contributed by atoms with Crippen molar-refractivity contribution in [1.29, 1.82) is 0 Å². The molecule has 0 aromatic heterocycles. The number of likely N-dealkylation sites (N-methyl/N-ethyl adjacent to an activating group) is 1. The van der Waals surface area contributed by atoms with E-state index in [1.54, 1.807) is 6.07 Å². The van der Waals surface area contributed by atoms with E-state index in [1.165, 1.54) is 48.4 Å². The Morgan fingerprint density at radius 2 is 1.84 bits per heavy atom. The zero-order valence-corrected chi connectivity index (χ0v) is 18.3. The third-order valence-electron chi connectivity index (χ3n) is 5.75. The molecule has 0 saturated carbocycles. The molecular weight excluding hydrogens is 415 g/mol. The van der Waals surface area contributed by atoms with Gasteiger partial charge in [0.2, 0.25) is 0 Å². The van der Waals surface area contributed by atoms with E-state index in [9.17, 15) is 24.2 Å². The van der Waals surface area contributed by atoms with Crippen LogP contribution in [0.15, 0.2) is 48.0 Å². The number of hydrogen-bond donors (Lipinski definition) is 2. The number of phenolic OH excluding ortho intramolecular Hbond substituents is 1. The van der Waals surface area contributed by atoms with E-state index in [2.05, 4.69) is 4.90 Å². The van der Waals surface area contributed by atoms with Gasteiger partial charge in [0.25, 0.3) is 11.7 Å². The first-order valence-electron chi connectivity index (χ1n) is 10.5. The first-order chi connectivity index (χ1) is 15.3. The minimum absolute atomic E-state index is 0.0473. The average molecular weight is 442 g/mol. The maximum absolute atomic E-state index is 14.8. The zero-order chi connectivity index (χ0) is 23.4. The van der Waals surface area contributed by atoms with Crippen molar-refractivity contribution in [3.8, 4) is 11.5 Å². The Morgan fingerprint density at radius 3 is 2.44 bits per heavy atom. The van der Waals surface area contributed by atoms with Crippen molar-refractivity contribution < 1.29 is 28.9 Å². The maximum atomic E-state index is 14.8. The van der Waals surface area contributed by atoms with Gasteiger partial charge in [0.1, 0.15) is 23.1 Å². The Balaban J connectivity index is 2.14. The SMILES string of the molecule is CCN(CC)CCN1C(=O)C(=O)C(=C(O)c2ccc(OC)cc2O)C1c1ccccc1F. The molecule has 0 aliphatic carbocycles. The monoisotopic (exact) mass is 442 g/mol. The second-order valence-corrected chi connectivity index (χ2v) is 7.42. The summed E-state index contributed by atoms with van der Waals surface area (Å²) >= 11 is 0. The molecule has 1 unspecified atom stereocenters. The highest BCUT2D eigenvalue weighted by Gasteiger charge is 2.47. The van der Waals surface area contributed by atoms with Gasteiger partial charge in [-0.15, -0.1) is 0 Å². The molecule has 1 aliphatic heterocycles. The standard InChI is InChI=1S/C24H27FN2O5/c1-4-26(5-2)12-13-27-21(16-8-6-7-9-18(16)25)20(23(30)24(27)31)22(29)17-11-10-15(32-3)14-19(17)28/h6-11,14,21,28-29H,4-5,12-13H2,1-3H3. The number of amides is 1. The van der Waals surface area contributed by atoms with Gasteiger partial charge in [-0.3, -0.25) is 9.59 Å². The van der Waals surface area contributed by atoms with Crippen LogP contribution in [-0.2, 0) is 9.59 Å². The lowest BCUT2D eigenvalue weighted by molar-refractivity contribution is -0.140. The van der Waals surface area contributed by atoms with Crippen molar-refractivity contribution >= 4 is 17.4 Å². The molecule has 2 aromatic carbocycles. The van der Waals surface area contributed by atoms with Gasteiger partial charge in [-0.2, -0.15) is 0 Å². The summed E-state index contributed by atoms with van der Waals surface area (Å²) in [5.74, 6) is -2.89. The van der Waals surface area contributed by atoms with Gasteiger partial charge >= 0.3 is 0 Å². The fourth-order valence-electron chi connectivity index (χ4n) is 3.90. The molecule has 0 spiro atoms. The van der Waals surface area contributed by atoms with Crippen LogP contribution in [0, 0.1) is 5.82 Å². The molecule has 0 radical (unpaired) electrons. The van der Waals surface area contributed by atoms with Crippen molar-refractivity contribution in [3.05, 3.63) is 65.0 Å². The van der Waals surface area contributed by atoms with E-state index < -0.39 is 29.3 Å². The number of ether oxygens (including phenoxy) is 1. The third kappa shape index (κ3) is 4.31. The van der Waals surface area contributed by atoms with E-state index in [4.69, 9.17) is 4.74 Å². The molecule has 1 fully saturated rings. The number of aliphatic hydroxyl groups excluding tert-OH is 1. The number of Topliss-reactive ketones (excluding diaryl/α,β-unsaturated/α-hetero) is 1. The molecule has 3 rings (SSSR count). The molecule has 32 heavy (non-hydrogen) atoms. The zero-order valence-electron chi connectivity index (χ0n) is 18.3. The summed E-state index contributed by atoms with van der Waals surface area (Å²) in [5, 5.41) is 21.4. The molecule has 8 heteroatoms. The molecule has 170 valence electrons. The maximum Gasteiger partial charge on any atom is 0.295 e. The smallest absolute Gasteiger partial charge is 0.295 e. The number of likely N-dealkylation sites (tertiary alicyclic amines) is 1. The van der Waals surface area contributed by atoms with Crippen molar-refractivity contribution in [1.82, 2.24) is 9.80 Å². The molecule has 0 bridgehead atoms. The minimum atomic E-state index is -1.12. The highest BCUT2D eigenvalue weighted by molar-refractivity contribution is 6.46. The molecule has 1 heterocycles. The van der Waals surface area contributed by atoms with Crippen LogP contribution in [-0.4, -0.2) is 65.0 Å². The number of carbonyl (C=O) groups is 2. The van der Waals surface area contributed by atoms with Gasteiger partial charge in [-0.1, -0.05) is 32.0 Å². The Hall–Kier alpha value is -3.39. The predicted molar refractivity (Wildman–Crippen MR) is 118 cm³/mol. The van der Waals surface area contributed by atoms with Crippen LogP contribution in [0.1, 0.15) is 31.0 Å². The summed E-state index contributed by atoms with van der Waals surface area (Å²) in [6.45, 7) is 6.14. The first kappa shape index (κ1) is 23.3. The Labute approximate surface area is 186 Å². The highest BCUT2D eigenvalue weighted by Crippen LogP contribution is 2.41. The summed E-state index contributed by atoms with van der Waals surface area (Å²) in [6.07, 6.45) is 0. The van der Waals surface area contributed by atoms with Crippen LogP contribution < -0.4 is 4.74 Å². The lowest BCUT2D eigenvalue weighted by Gasteiger charge is -2.28. The van der Waals surface area contributed by atoms with E-state index in [0.29, 0.717) is 12.3 Å². The van der Waals surface area contributed by atoms with Gasteiger partial charge in [-0.25, -0.2) is 4.39 Å². The molecular formula is C24H27FN2O5. The Morgan fingerprint density at radius 1 is 1.16 bits per heavy atom. The topological polar surface area (TPSA) is 90.3 Å². The third-order valence-corrected chi connectivity index (χ3v) is 5.75. The summed E-state index contributed by atoms with van der Waals surface area (Å²) in [6, 6.07) is 8.89. The van der Waals surface area contributed by atoms with Gasteiger partial charge in [0.15, 0.2) is 0 Å². The molecule has 1 saturated heterocycles. The van der Waals surface area contributed by atoms with Gasteiger partial charge in [0, 0.05) is 24.7 Å². The van der Waals surface area contributed by atoms with Crippen LogP contribution >= 0.6 is 0 Å². The number of aromatic hydroxyl groups is 1. The highest BCUT2D eigenvalue weighted by atomic mass is 19.1. The number of carbonyl (C=O) groups excluding carboxylic acids is 2. The lowest BCUT2D eigenvalue weighted by atomic mass is 9.94. The quantitative estimate of drug-likeness (QED) is 0.370. The number of rotatable bonds is 8. The predicted octanol–water partition coefficient (Wildman–Crippen LogP) is 3.30. The minimum Gasteiger partial charge on any atom is -0.507 e. The van der Waals surface area contributed by atoms with Crippen LogP contribution in [0.25, 0.3) is 5.76 Å². The fourth-order valence-corrected chi connectivity index (χ4v) is 3.90.